The Morgan fingerprint density at radius 2 is 1.96 bits per heavy atom. The van der Waals surface area contributed by atoms with Crippen molar-refractivity contribution in [2.75, 3.05) is 17.6 Å². The Balaban J connectivity index is 0.00000264. The number of thioether (sulfide) groups is 1. The van der Waals surface area contributed by atoms with Gasteiger partial charge in [0.15, 0.2) is 5.96 Å². The number of anilines is 1. The van der Waals surface area contributed by atoms with E-state index in [1.807, 2.05) is 12.1 Å². The molecular formula is C17H21FIN3S. The van der Waals surface area contributed by atoms with Crippen LogP contribution < -0.4 is 11.1 Å². The fraction of sp³-hybridized carbons (Fsp3) is 0.235. The molecule has 0 heterocycles. The highest BCUT2D eigenvalue weighted by Crippen LogP contribution is 2.17. The van der Waals surface area contributed by atoms with Crippen molar-refractivity contribution in [3.63, 3.8) is 0 Å². The van der Waals surface area contributed by atoms with E-state index < -0.39 is 0 Å². The van der Waals surface area contributed by atoms with E-state index in [9.17, 15) is 4.39 Å². The molecule has 0 aliphatic heterocycles. The first-order valence-corrected chi connectivity index (χ1v) is 8.20. The maximum absolute atomic E-state index is 12.8. The molecule has 0 saturated heterocycles. The first-order chi connectivity index (χ1) is 10.7. The Labute approximate surface area is 158 Å². The van der Waals surface area contributed by atoms with E-state index in [1.54, 1.807) is 23.9 Å². The molecule has 0 atom stereocenters. The molecular weight excluding hydrogens is 424 g/mol. The second-order valence-corrected chi connectivity index (χ2v) is 5.92. The van der Waals surface area contributed by atoms with Gasteiger partial charge >= 0.3 is 0 Å². The molecule has 0 unspecified atom stereocenters. The molecule has 23 heavy (non-hydrogen) atoms. The largest absolute Gasteiger partial charge is 0.370 e. The van der Waals surface area contributed by atoms with Gasteiger partial charge in [-0.15, -0.1) is 35.7 Å². The Morgan fingerprint density at radius 3 is 2.65 bits per heavy atom. The summed E-state index contributed by atoms with van der Waals surface area (Å²) >= 11 is 1.63. The maximum atomic E-state index is 12.8. The summed E-state index contributed by atoms with van der Waals surface area (Å²) in [6.07, 6.45) is 0.987. The van der Waals surface area contributed by atoms with Gasteiger partial charge in [-0.1, -0.05) is 19.1 Å². The van der Waals surface area contributed by atoms with Crippen LogP contribution >= 0.6 is 35.7 Å². The molecule has 124 valence electrons. The zero-order valence-corrected chi connectivity index (χ0v) is 16.1. The van der Waals surface area contributed by atoms with Gasteiger partial charge in [-0.3, -0.25) is 4.99 Å². The number of nitrogens with zero attached hydrogens (tertiary/aromatic N) is 1. The smallest absolute Gasteiger partial charge is 0.193 e. The molecule has 0 spiro atoms. The van der Waals surface area contributed by atoms with Gasteiger partial charge in [0, 0.05) is 16.3 Å². The minimum atomic E-state index is -0.217. The lowest BCUT2D eigenvalue weighted by Crippen LogP contribution is -2.23. The Bertz CT molecular complexity index is 632. The highest BCUT2D eigenvalue weighted by atomic mass is 127. The van der Waals surface area contributed by atoms with Crippen molar-refractivity contribution < 1.29 is 4.39 Å². The summed E-state index contributed by atoms with van der Waals surface area (Å²) < 4.78 is 12.8. The molecule has 0 aromatic heterocycles. The summed E-state index contributed by atoms with van der Waals surface area (Å²) in [6, 6.07) is 14.6. The van der Waals surface area contributed by atoms with Crippen molar-refractivity contribution in [1.29, 1.82) is 0 Å². The second-order valence-electron chi connectivity index (χ2n) is 4.75. The molecule has 0 aliphatic rings. The number of hydrogen-bond donors (Lipinski definition) is 2. The average Bonchev–Trinajstić information content (AvgIpc) is 2.53. The van der Waals surface area contributed by atoms with E-state index in [-0.39, 0.29) is 29.8 Å². The van der Waals surface area contributed by atoms with Gasteiger partial charge in [0.2, 0.25) is 0 Å². The summed E-state index contributed by atoms with van der Waals surface area (Å²) in [5.74, 6) is 0.987. The van der Waals surface area contributed by atoms with Gasteiger partial charge in [0.1, 0.15) is 5.82 Å². The predicted octanol–water partition coefficient (Wildman–Crippen LogP) is 4.53. The number of aliphatic imine (C=N–C) groups is 1. The first-order valence-electron chi connectivity index (χ1n) is 7.21. The van der Waals surface area contributed by atoms with Crippen molar-refractivity contribution in [3.8, 4) is 0 Å². The van der Waals surface area contributed by atoms with Gasteiger partial charge in [0.05, 0.1) is 6.54 Å². The summed E-state index contributed by atoms with van der Waals surface area (Å²) in [7, 11) is 0. The van der Waals surface area contributed by atoms with E-state index >= 15 is 0 Å². The lowest BCUT2D eigenvalue weighted by atomic mass is 10.1. The summed E-state index contributed by atoms with van der Waals surface area (Å²) in [6.45, 7) is 2.72. The van der Waals surface area contributed by atoms with Crippen molar-refractivity contribution in [2.45, 2.75) is 18.2 Å². The number of nitrogens with two attached hydrogens (primary N) is 1. The van der Waals surface area contributed by atoms with Crippen LogP contribution in [0.1, 0.15) is 12.5 Å². The van der Waals surface area contributed by atoms with Gasteiger partial charge in [-0.2, -0.15) is 0 Å². The number of halogens is 2. The molecule has 3 nitrogen and oxygen atoms in total. The highest BCUT2D eigenvalue weighted by molar-refractivity contribution is 14.0. The molecule has 3 N–H and O–H groups in total. The van der Waals surface area contributed by atoms with Crippen LogP contribution in [0.3, 0.4) is 0 Å². The van der Waals surface area contributed by atoms with Gasteiger partial charge < -0.3 is 11.1 Å². The zero-order valence-electron chi connectivity index (χ0n) is 13.0. The van der Waals surface area contributed by atoms with Crippen LogP contribution in [-0.4, -0.2) is 18.3 Å². The Morgan fingerprint density at radius 1 is 1.22 bits per heavy atom. The van der Waals surface area contributed by atoms with Crippen molar-refractivity contribution >= 4 is 47.4 Å². The maximum Gasteiger partial charge on any atom is 0.193 e. The third kappa shape index (κ3) is 7.22. The minimum absolute atomic E-state index is 0. The van der Waals surface area contributed by atoms with E-state index in [2.05, 4.69) is 29.4 Å². The van der Waals surface area contributed by atoms with Crippen molar-refractivity contribution in [1.82, 2.24) is 0 Å². The average molecular weight is 445 g/mol. The van der Waals surface area contributed by atoms with Crippen LogP contribution in [0.2, 0.25) is 0 Å². The Kier molecular flexibility index (Phi) is 9.01. The number of nitrogens with one attached hydrogen (secondary N) is 1. The molecule has 0 fully saturated rings. The number of aryl methyl sites for hydroxylation is 1. The van der Waals surface area contributed by atoms with Crippen LogP contribution in [0.15, 0.2) is 58.4 Å². The fourth-order valence-electron chi connectivity index (χ4n) is 1.92. The minimum Gasteiger partial charge on any atom is -0.370 e. The zero-order chi connectivity index (χ0) is 15.8. The molecule has 0 bridgehead atoms. The second kappa shape index (κ2) is 10.5. The predicted molar refractivity (Wildman–Crippen MR) is 108 cm³/mol. The lowest BCUT2D eigenvalue weighted by molar-refractivity contribution is 0.626. The topological polar surface area (TPSA) is 50.4 Å². The monoisotopic (exact) mass is 445 g/mol. The molecule has 0 amide bonds. The van der Waals surface area contributed by atoms with Crippen LogP contribution in [0.5, 0.6) is 0 Å². The number of rotatable bonds is 6. The quantitative estimate of drug-likeness (QED) is 0.226. The molecule has 2 aromatic rings. The van der Waals surface area contributed by atoms with Crippen LogP contribution in [-0.2, 0) is 6.42 Å². The Hall–Kier alpha value is -1.28. The SMILES string of the molecule is CCc1cccc(NC(N)=NCCSc2ccc(F)cc2)c1.I. The van der Waals surface area contributed by atoms with Crippen molar-refractivity contribution in [3.05, 3.63) is 59.9 Å². The molecule has 0 aliphatic carbocycles. The number of benzene rings is 2. The highest BCUT2D eigenvalue weighted by Gasteiger charge is 1.97. The third-order valence-electron chi connectivity index (χ3n) is 3.06. The lowest BCUT2D eigenvalue weighted by Gasteiger charge is -2.07. The summed E-state index contributed by atoms with van der Waals surface area (Å²) in [4.78, 5) is 5.32. The molecule has 0 saturated carbocycles. The molecule has 6 heteroatoms. The summed E-state index contributed by atoms with van der Waals surface area (Å²) in [5, 5.41) is 3.09. The fourth-order valence-corrected chi connectivity index (χ4v) is 2.66. The van der Waals surface area contributed by atoms with Gasteiger partial charge in [0.25, 0.3) is 0 Å². The standard InChI is InChI=1S/C17H20FN3S.HI/c1-2-13-4-3-5-15(12-13)21-17(19)20-10-11-22-16-8-6-14(18)7-9-16;/h3-9,12H,2,10-11H2,1H3,(H3,19,20,21);1H. The van der Waals surface area contributed by atoms with E-state index in [4.69, 9.17) is 5.73 Å². The number of guanidine groups is 1. The van der Waals surface area contributed by atoms with Crippen LogP contribution in [0.4, 0.5) is 10.1 Å². The van der Waals surface area contributed by atoms with E-state index in [0.29, 0.717) is 12.5 Å². The van der Waals surface area contributed by atoms with Crippen LogP contribution in [0.25, 0.3) is 0 Å². The van der Waals surface area contributed by atoms with Crippen LogP contribution in [0, 0.1) is 5.82 Å². The molecule has 2 rings (SSSR count). The molecule has 0 radical (unpaired) electrons. The number of hydrogen-bond acceptors (Lipinski definition) is 2. The van der Waals surface area contributed by atoms with Crippen molar-refractivity contribution in [2.24, 2.45) is 10.7 Å². The van der Waals surface area contributed by atoms with E-state index in [1.165, 1.54) is 17.7 Å². The third-order valence-corrected chi connectivity index (χ3v) is 4.06. The first kappa shape index (κ1) is 19.8. The molecule has 2 aromatic carbocycles. The van der Waals surface area contributed by atoms with Gasteiger partial charge in [-0.25, -0.2) is 4.39 Å². The van der Waals surface area contributed by atoms with Gasteiger partial charge in [-0.05, 0) is 48.4 Å². The van der Waals surface area contributed by atoms with E-state index in [0.717, 1.165) is 22.8 Å². The normalized spacial score (nSPS) is 11.0. The summed E-state index contributed by atoms with van der Waals surface area (Å²) in [5.41, 5.74) is 8.08.